The average molecular weight is 302 g/mol. The number of hydrogen-bond acceptors (Lipinski definition) is 5. The Morgan fingerprint density at radius 3 is 2.65 bits per heavy atom. The van der Waals surface area contributed by atoms with Crippen LogP contribution >= 0.6 is 0 Å². The number of methoxy groups -OCH3 is 1. The van der Waals surface area contributed by atoms with Crippen LogP contribution in [0.1, 0.15) is 12.5 Å². The van der Waals surface area contributed by atoms with Crippen LogP contribution in [0.3, 0.4) is 0 Å². The van der Waals surface area contributed by atoms with Crippen LogP contribution in [0.2, 0.25) is 0 Å². The minimum Gasteiger partial charge on any atom is -0.495 e. The number of nitrogens with two attached hydrogens (primary N) is 1. The molecule has 1 aromatic carbocycles. The number of primary sulfonamides is 1. The summed E-state index contributed by atoms with van der Waals surface area (Å²) in [6.45, 7) is 2.38. The fourth-order valence-electron chi connectivity index (χ4n) is 1.50. The van der Waals surface area contributed by atoms with Gasteiger partial charge in [-0.05, 0) is 24.6 Å². The standard InChI is InChI=1S/C12H18N2O5S/c1-3-19-8-12(15)14-7-9-4-5-10(18-2)11(6-9)20(13,16)17/h4-6H,3,7-8H2,1-2H3,(H,14,15)(H2,13,16,17). The van der Waals surface area contributed by atoms with E-state index in [-0.39, 0.29) is 29.7 Å². The topological polar surface area (TPSA) is 108 Å². The number of benzene rings is 1. The van der Waals surface area contributed by atoms with Gasteiger partial charge in [-0.3, -0.25) is 4.79 Å². The van der Waals surface area contributed by atoms with Crippen LogP contribution in [0.4, 0.5) is 0 Å². The average Bonchev–Trinajstić information content (AvgIpc) is 2.41. The molecular formula is C12H18N2O5S. The first-order chi connectivity index (χ1) is 9.38. The molecule has 0 heterocycles. The van der Waals surface area contributed by atoms with Gasteiger partial charge in [-0.1, -0.05) is 6.07 Å². The first kappa shape index (κ1) is 16.4. The maximum Gasteiger partial charge on any atom is 0.246 e. The van der Waals surface area contributed by atoms with Crippen molar-refractivity contribution in [1.82, 2.24) is 5.32 Å². The van der Waals surface area contributed by atoms with E-state index < -0.39 is 10.0 Å². The lowest BCUT2D eigenvalue weighted by molar-refractivity contribution is -0.125. The summed E-state index contributed by atoms with van der Waals surface area (Å²) in [6, 6.07) is 4.51. The van der Waals surface area contributed by atoms with Gasteiger partial charge in [0.15, 0.2) is 0 Å². The summed E-state index contributed by atoms with van der Waals surface area (Å²) < 4.78 is 32.8. The van der Waals surface area contributed by atoms with E-state index in [2.05, 4.69) is 5.32 Å². The lowest BCUT2D eigenvalue weighted by Crippen LogP contribution is -2.27. The van der Waals surface area contributed by atoms with E-state index in [0.717, 1.165) is 0 Å². The van der Waals surface area contributed by atoms with Gasteiger partial charge in [-0.25, -0.2) is 13.6 Å². The molecule has 0 saturated carbocycles. The first-order valence-electron chi connectivity index (χ1n) is 5.92. The van der Waals surface area contributed by atoms with Crippen molar-refractivity contribution in [3.05, 3.63) is 23.8 Å². The highest BCUT2D eigenvalue weighted by atomic mass is 32.2. The quantitative estimate of drug-likeness (QED) is 0.737. The number of rotatable bonds is 7. The van der Waals surface area contributed by atoms with E-state index in [9.17, 15) is 13.2 Å². The van der Waals surface area contributed by atoms with Gasteiger partial charge in [0, 0.05) is 13.2 Å². The largest absolute Gasteiger partial charge is 0.495 e. The Kier molecular flexibility index (Phi) is 5.93. The molecular weight excluding hydrogens is 284 g/mol. The lowest BCUT2D eigenvalue weighted by atomic mass is 10.2. The van der Waals surface area contributed by atoms with Crippen molar-refractivity contribution >= 4 is 15.9 Å². The Balaban J connectivity index is 2.80. The minimum atomic E-state index is -3.88. The lowest BCUT2D eigenvalue weighted by Gasteiger charge is -2.10. The van der Waals surface area contributed by atoms with Gasteiger partial charge in [-0.15, -0.1) is 0 Å². The van der Waals surface area contributed by atoms with Crippen molar-refractivity contribution in [1.29, 1.82) is 0 Å². The van der Waals surface area contributed by atoms with E-state index in [1.165, 1.54) is 19.2 Å². The zero-order chi connectivity index (χ0) is 15.2. The molecule has 0 saturated heterocycles. The Bertz CT molecular complexity index is 571. The van der Waals surface area contributed by atoms with Crippen LogP contribution in [-0.2, 0) is 26.1 Å². The minimum absolute atomic E-state index is 0.0330. The summed E-state index contributed by atoms with van der Waals surface area (Å²) in [6.07, 6.45) is 0. The predicted molar refractivity (Wildman–Crippen MR) is 72.7 cm³/mol. The van der Waals surface area contributed by atoms with Gasteiger partial charge in [0.2, 0.25) is 15.9 Å². The molecule has 1 amide bonds. The third-order valence-corrected chi connectivity index (χ3v) is 3.39. The van der Waals surface area contributed by atoms with Crippen molar-refractivity contribution < 1.29 is 22.7 Å². The van der Waals surface area contributed by atoms with Gasteiger partial charge in [-0.2, -0.15) is 0 Å². The summed E-state index contributed by atoms with van der Waals surface area (Å²) in [5.41, 5.74) is 0.597. The van der Waals surface area contributed by atoms with E-state index in [4.69, 9.17) is 14.6 Å². The molecule has 0 aliphatic rings. The molecule has 0 fully saturated rings. The molecule has 0 unspecified atom stereocenters. The molecule has 0 aliphatic carbocycles. The highest BCUT2D eigenvalue weighted by Gasteiger charge is 2.15. The Hall–Kier alpha value is -1.64. The fraction of sp³-hybridized carbons (Fsp3) is 0.417. The zero-order valence-corrected chi connectivity index (χ0v) is 12.2. The van der Waals surface area contributed by atoms with Gasteiger partial charge < -0.3 is 14.8 Å². The molecule has 0 atom stereocenters. The smallest absolute Gasteiger partial charge is 0.246 e. The van der Waals surface area contributed by atoms with E-state index >= 15 is 0 Å². The van der Waals surface area contributed by atoms with Gasteiger partial charge >= 0.3 is 0 Å². The number of hydrogen-bond donors (Lipinski definition) is 2. The van der Waals surface area contributed by atoms with E-state index in [0.29, 0.717) is 12.2 Å². The summed E-state index contributed by atoms with van der Waals surface area (Å²) >= 11 is 0. The van der Waals surface area contributed by atoms with Crippen LogP contribution in [-0.4, -0.2) is 34.6 Å². The molecule has 112 valence electrons. The van der Waals surface area contributed by atoms with Crippen LogP contribution in [0.15, 0.2) is 23.1 Å². The number of sulfonamides is 1. The third-order valence-electron chi connectivity index (χ3n) is 2.46. The molecule has 1 rings (SSSR count). The second-order valence-electron chi connectivity index (χ2n) is 3.94. The molecule has 0 spiro atoms. The predicted octanol–water partition coefficient (Wildman–Crippen LogP) is -0.00470. The van der Waals surface area contributed by atoms with Crippen molar-refractivity contribution in [3.8, 4) is 5.75 Å². The third kappa shape index (κ3) is 4.80. The van der Waals surface area contributed by atoms with Gasteiger partial charge in [0.05, 0.1) is 7.11 Å². The number of carbonyl (C=O) groups excluding carboxylic acids is 1. The van der Waals surface area contributed by atoms with Crippen LogP contribution < -0.4 is 15.2 Å². The van der Waals surface area contributed by atoms with Crippen molar-refractivity contribution in [3.63, 3.8) is 0 Å². The maximum absolute atomic E-state index is 11.4. The van der Waals surface area contributed by atoms with E-state index in [1.807, 2.05) is 0 Å². The molecule has 0 radical (unpaired) electrons. The number of nitrogens with one attached hydrogen (secondary N) is 1. The summed E-state index contributed by atoms with van der Waals surface area (Å²) in [5, 5.41) is 7.72. The Morgan fingerprint density at radius 2 is 2.10 bits per heavy atom. The molecule has 3 N–H and O–H groups in total. The van der Waals surface area contributed by atoms with E-state index in [1.54, 1.807) is 13.0 Å². The Labute approximate surface area is 118 Å². The maximum atomic E-state index is 11.4. The number of amides is 1. The van der Waals surface area contributed by atoms with Crippen molar-refractivity contribution in [2.75, 3.05) is 20.3 Å². The number of ether oxygens (including phenoxy) is 2. The van der Waals surface area contributed by atoms with Crippen molar-refractivity contribution in [2.24, 2.45) is 5.14 Å². The summed E-state index contributed by atoms with van der Waals surface area (Å²) in [4.78, 5) is 11.3. The molecule has 20 heavy (non-hydrogen) atoms. The van der Waals surface area contributed by atoms with Gasteiger partial charge in [0.25, 0.3) is 0 Å². The molecule has 0 aliphatic heterocycles. The fourth-order valence-corrected chi connectivity index (χ4v) is 2.25. The zero-order valence-electron chi connectivity index (χ0n) is 11.4. The molecule has 7 nitrogen and oxygen atoms in total. The summed E-state index contributed by atoms with van der Waals surface area (Å²) in [7, 11) is -2.53. The van der Waals surface area contributed by atoms with Crippen LogP contribution in [0.5, 0.6) is 5.75 Å². The monoisotopic (exact) mass is 302 g/mol. The summed E-state index contributed by atoms with van der Waals surface area (Å²) in [5.74, 6) is -0.114. The second-order valence-corrected chi connectivity index (χ2v) is 5.47. The highest BCUT2D eigenvalue weighted by molar-refractivity contribution is 7.89. The highest BCUT2D eigenvalue weighted by Crippen LogP contribution is 2.23. The van der Waals surface area contributed by atoms with Gasteiger partial charge in [0.1, 0.15) is 17.3 Å². The Morgan fingerprint density at radius 1 is 1.40 bits per heavy atom. The van der Waals surface area contributed by atoms with Crippen LogP contribution in [0, 0.1) is 0 Å². The molecule has 1 aromatic rings. The molecule has 8 heteroatoms. The first-order valence-corrected chi connectivity index (χ1v) is 7.47. The molecule has 0 bridgehead atoms. The number of carbonyl (C=O) groups is 1. The van der Waals surface area contributed by atoms with Crippen molar-refractivity contribution in [2.45, 2.75) is 18.4 Å². The molecule has 0 aromatic heterocycles. The van der Waals surface area contributed by atoms with Crippen LogP contribution in [0.25, 0.3) is 0 Å². The normalized spacial score (nSPS) is 11.2. The second kappa shape index (κ2) is 7.22. The SMILES string of the molecule is CCOCC(=O)NCc1ccc(OC)c(S(N)(=O)=O)c1.